The number of benzene rings is 1. The zero-order chi connectivity index (χ0) is 21.4. The summed E-state index contributed by atoms with van der Waals surface area (Å²) in [5, 5.41) is 10.5. The zero-order valence-corrected chi connectivity index (χ0v) is 17.8. The van der Waals surface area contributed by atoms with Gasteiger partial charge < -0.3 is 21.1 Å². The molecule has 0 aromatic heterocycles. The van der Waals surface area contributed by atoms with Crippen molar-refractivity contribution in [2.24, 2.45) is 11.7 Å². The van der Waals surface area contributed by atoms with Gasteiger partial charge in [-0.15, -0.1) is 0 Å². The van der Waals surface area contributed by atoms with Gasteiger partial charge in [0.15, 0.2) is 0 Å². The van der Waals surface area contributed by atoms with Gasteiger partial charge in [-0.3, -0.25) is 14.2 Å². The van der Waals surface area contributed by atoms with Gasteiger partial charge in [-0.1, -0.05) is 50.6 Å². The number of aliphatic carboxylic acids is 1. The zero-order valence-electron chi connectivity index (χ0n) is 16.9. The molecular weight excluding hydrogens is 379 g/mol. The number of amides is 1. The summed E-state index contributed by atoms with van der Waals surface area (Å²) in [4.78, 5) is 35.2. The van der Waals surface area contributed by atoms with Crippen molar-refractivity contribution in [3.63, 3.8) is 0 Å². The Morgan fingerprint density at radius 2 is 1.82 bits per heavy atom. The molecule has 0 spiro atoms. The molecule has 0 bridgehead atoms. The third-order valence-corrected chi connectivity index (χ3v) is 8.40. The quantitative estimate of drug-likeness (QED) is 0.308. The van der Waals surface area contributed by atoms with Crippen molar-refractivity contribution < 1.29 is 24.2 Å². The van der Waals surface area contributed by atoms with Gasteiger partial charge >= 0.3 is 5.97 Å². The number of rotatable bonds is 12. The van der Waals surface area contributed by atoms with Crippen LogP contribution in [0.3, 0.4) is 0 Å². The van der Waals surface area contributed by atoms with Gasteiger partial charge in [-0.2, -0.15) is 0 Å². The maximum atomic E-state index is 13.4. The van der Waals surface area contributed by atoms with Gasteiger partial charge in [-0.25, -0.2) is 0 Å². The number of carboxylic acid groups (broad SMARTS) is 1. The molecule has 1 aromatic carbocycles. The highest BCUT2D eigenvalue weighted by Gasteiger charge is 2.54. The van der Waals surface area contributed by atoms with Gasteiger partial charge in [0.05, 0.1) is 0 Å². The molecule has 1 aromatic rings. The van der Waals surface area contributed by atoms with Gasteiger partial charge in [0, 0.05) is 6.42 Å². The van der Waals surface area contributed by atoms with Crippen molar-refractivity contribution in [1.82, 2.24) is 5.32 Å². The Bertz CT molecular complexity index is 695. The average molecular weight is 412 g/mol. The topological polar surface area (TPSA) is 130 Å². The van der Waals surface area contributed by atoms with E-state index in [1.54, 1.807) is 13.8 Å². The molecule has 0 radical (unpaired) electrons. The second-order valence-corrected chi connectivity index (χ2v) is 10.5. The minimum Gasteiger partial charge on any atom is -0.480 e. The second-order valence-electron chi connectivity index (χ2n) is 7.69. The monoisotopic (exact) mass is 412 g/mol. The van der Waals surface area contributed by atoms with Crippen LogP contribution in [0.1, 0.15) is 52.0 Å². The fourth-order valence-electron chi connectivity index (χ4n) is 3.12. The first-order valence-electron chi connectivity index (χ1n) is 9.65. The SMILES string of the molecule is CC(C)C(NC(=O)CCc1ccccc1)P(=O)(O)[C@@](C)(CCCCN)C(=O)O. The van der Waals surface area contributed by atoms with Gasteiger partial charge in [-0.05, 0) is 44.2 Å². The van der Waals surface area contributed by atoms with Crippen molar-refractivity contribution in [2.45, 2.75) is 63.8 Å². The molecular formula is C20H33N2O5P. The standard InChI is InChI=1S/C20H33N2O5P/c1-15(2)18(22-17(23)12-11-16-9-5-4-6-10-16)28(26,27)20(3,19(24)25)13-7-8-14-21/h4-6,9-10,15,18H,7-8,11-14,21H2,1-3H3,(H,22,23)(H,24,25)(H,26,27)/t18?,20-/m0/s1. The Morgan fingerprint density at radius 1 is 1.21 bits per heavy atom. The van der Waals surface area contributed by atoms with Crippen molar-refractivity contribution >= 4 is 19.2 Å². The smallest absolute Gasteiger partial charge is 0.319 e. The number of nitrogens with one attached hydrogen (secondary N) is 1. The summed E-state index contributed by atoms with van der Waals surface area (Å²) in [5.74, 6) is -3.23. The van der Waals surface area contributed by atoms with Gasteiger partial charge in [0.2, 0.25) is 13.3 Å². The lowest BCUT2D eigenvalue weighted by Gasteiger charge is -2.37. The molecule has 8 heteroatoms. The van der Waals surface area contributed by atoms with Crippen LogP contribution in [0.15, 0.2) is 30.3 Å². The predicted molar refractivity (Wildman–Crippen MR) is 110 cm³/mol. The molecule has 28 heavy (non-hydrogen) atoms. The largest absolute Gasteiger partial charge is 0.480 e. The lowest BCUT2D eigenvalue weighted by molar-refractivity contribution is -0.140. The van der Waals surface area contributed by atoms with Crippen LogP contribution in [0.5, 0.6) is 0 Å². The Morgan fingerprint density at radius 3 is 2.32 bits per heavy atom. The highest BCUT2D eigenvalue weighted by atomic mass is 31.2. The lowest BCUT2D eigenvalue weighted by atomic mass is 10.0. The minimum absolute atomic E-state index is 0.0242. The number of unbranched alkanes of at least 4 members (excludes halogenated alkanes) is 1. The summed E-state index contributed by atoms with van der Waals surface area (Å²) in [7, 11) is -4.30. The lowest BCUT2D eigenvalue weighted by Crippen LogP contribution is -2.47. The molecule has 0 aliphatic heterocycles. The first-order valence-corrected chi connectivity index (χ1v) is 11.4. The number of hydrogen-bond donors (Lipinski definition) is 4. The summed E-state index contributed by atoms with van der Waals surface area (Å²) in [5.41, 5.74) is 6.45. The Kier molecular flexibility index (Phi) is 9.34. The van der Waals surface area contributed by atoms with Crippen molar-refractivity contribution in [3.8, 4) is 0 Å². The molecule has 1 rings (SSSR count). The molecule has 0 fully saturated rings. The van der Waals surface area contributed by atoms with Crippen molar-refractivity contribution in [2.75, 3.05) is 6.54 Å². The Hall–Kier alpha value is -1.69. The van der Waals surface area contributed by atoms with Crippen molar-refractivity contribution in [1.29, 1.82) is 0 Å². The van der Waals surface area contributed by atoms with E-state index in [1.165, 1.54) is 6.92 Å². The van der Waals surface area contributed by atoms with Crippen LogP contribution < -0.4 is 11.1 Å². The van der Waals surface area contributed by atoms with E-state index in [4.69, 9.17) is 5.73 Å². The van der Waals surface area contributed by atoms with Crippen LogP contribution in [0.4, 0.5) is 0 Å². The summed E-state index contributed by atoms with van der Waals surface area (Å²) in [6.07, 6.45) is 1.68. The summed E-state index contributed by atoms with van der Waals surface area (Å²) in [6, 6.07) is 9.46. The number of carbonyl (C=O) groups is 2. The summed E-state index contributed by atoms with van der Waals surface area (Å²) in [6.45, 7) is 5.08. The maximum Gasteiger partial charge on any atom is 0.319 e. The molecule has 0 aliphatic carbocycles. The highest BCUT2D eigenvalue weighted by molar-refractivity contribution is 7.61. The van der Waals surface area contributed by atoms with E-state index in [0.29, 0.717) is 25.8 Å². The van der Waals surface area contributed by atoms with Crippen molar-refractivity contribution in [3.05, 3.63) is 35.9 Å². The fourth-order valence-corrected chi connectivity index (χ4v) is 5.62. The number of nitrogens with two attached hydrogens (primary N) is 1. The normalized spacial score (nSPS) is 16.8. The van der Waals surface area contributed by atoms with E-state index in [0.717, 1.165) is 5.56 Å². The molecule has 5 N–H and O–H groups in total. The Labute approximate surface area is 167 Å². The molecule has 0 saturated heterocycles. The van der Waals surface area contributed by atoms with E-state index < -0.39 is 30.2 Å². The molecule has 0 saturated carbocycles. The third kappa shape index (κ3) is 6.16. The first kappa shape index (κ1) is 24.3. The van der Waals surface area contributed by atoms with Gasteiger partial charge in [0.1, 0.15) is 10.9 Å². The number of hydrogen-bond acceptors (Lipinski definition) is 4. The molecule has 2 unspecified atom stereocenters. The average Bonchev–Trinajstić information content (AvgIpc) is 2.64. The maximum absolute atomic E-state index is 13.4. The predicted octanol–water partition coefficient (Wildman–Crippen LogP) is 2.96. The number of aryl methyl sites for hydroxylation is 1. The number of carboxylic acids is 1. The van der Waals surface area contributed by atoms with E-state index in [-0.39, 0.29) is 18.7 Å². The minimum atomic E-state index is -4.30. The molecule has 7 nitrogen and oxygen atoms in total. The molecule has 0 heterocycles. The summed E-state index contributed by atoms with van der Waals surface area (Å²) < 4.78 is 13.4. The molecule has 1 amide bonds. The van der Waals surface area contributed by atoms with Crippen LogP contribution >= 0.6 is 7.37 Å². The molecule has 158 valence electrons. The first-order chi connectivity index (χ1) is 13.1. The van der Waals surface area contributed by atoms with E-state index >= 15 is 0 Å². The van der Waals surface area contributed by atoms with Crippen LogP contribution in [0, 0.1) is 5.92 Å². The van der Waals surface area contributed by atoms with Crippen LogP contribution in [-0.2, 0) is 20.6 Å². The van der Waals surface area contributed by atoms with Crippen LogP contribution in [0.2, 0.25) is 0 Å². The molecule has 3 atom stereocenters. The van der Waals surface area contributed by atoms with Crippen LogP contribution in [-0.4, -0.2) is 39.4 Å². The highest BCUT2D eigenvalue weighted by Crippen LogP contribution is 2.61. The summed E-state index contributed by atoms with van der Waals surface area (Å²) >= 11 is 0. The van der Waals surface area contributed by atoms with Crippen LogP contribution in [0.25, 0.3) is 0 Å². The van der Waals surface area contributed by atoms with Gasteiger partial charge in [0.25, 0.3) is 0 Å². The molecule has 0 aliphatic rings. The second kappa shape index (κ2) is 10.7. The Balaban J connectivity index is 2.94. The number of carbonyl (C=O) groups excluding carboxylic acids is 1. The van der Waals surface area contributed by atoms with E-state index in [1.807, 2.05) is 30.3 Å². The third-order valence-electron chi connectivity index (χ3n) is 5.09. The van der Waals surface area contributed by atoms with E-state index in [9.17, 15) is 24.2 Å². The van der Waals surface area contributed by atoms with E-state index in [2.05, 4.69) is 5.32 Å². The fraction of sp³-hybridized carbons (Fsp3) is 0.600.